The Morgan fingerprint density at radius 1 is 1.50 bits per heavy atom. The molecule has 1 saturated heterocycles. The van der Waals surface area contributed by atoms with Crippen LogP contribution in [0.4, 0.5) is 0 Å². The molecule has 1 fully saturated rings. The van der Waals surface area contributed by atoms with Gasteiger partial charge < -0.3 is 10.1 Å². The highest BCUT2D eigenvalue weighted by molar-refractivity contribution is 5.94. The Balaban J connectivity index is 1.82. The molecule has 1 aliphatic heterocycles. The lowest BCUT2D eigenvalue weighted by atomic mass is 10.2. The number of cyclic esters (lactones) is 1. The van der Waals surface area contributed by atoms with Gasteiger partial charge >= 0.3 is 5.97 Å². The van der Waals surface area contributed by atoms with Crippen molar-refractivity contribution >= 4 is 11.9 Å². The molecular formula is C11H12N2O3. The number of hydrogen-bond donors (Lipinski definition) is 1. The zero-order chi connectivity index (χ0) is 11.4. The van der Waals surface area contributed by atoms with Crippen LogP contribution in [0, 0.1) is 0 Å². The lowest BCUT2D eigenvalue weighted by Gasteiger charge is -2.10. The monoisotopic (exact) mass is 220 g/mol. The van der Waals surface area contributed by atoms with Crippen molar-refractivity contribution < 1.29 is 14.3 Å². The Labute approximate surface area is 92.8 Å². The molecule has 1 amide bonds. The molecule has 1 aliphatic rings. The van der Waals surface area contributed by atoms with Gasteiger partial charge in [0.05, 0.1) is 6.54 Å². The highest BCUT2D eigenvalue weighted by atomic mass is 16.5. The number of nitrogens with zero attached hydrogens (tertiary/aromatic N) is 1. The number of hydrogen-bond acceptors (Lipinski definition) is 4. The smallest absolute Gasteiger partial charge is 0.306 e. The first-order chi connectivity index (χ1) is 7.75. The van der Waals surface area contributed by atoms with E-state index in [-0.39, 0.29) is 18.0 Å². The van der Waals surface area contributed by atoms with E-state index in [0.717, 1.165) is 0 Å². The maximum atomic E-state index is 11.6. The number of pyridine rings is 1. The van der Waals surface area contributed by atoms with Gasteiger partial charge in [-0.3, -0.25) is 14.6 Å². The summed E-state index contributed by atoms with van der Waals surface area (Å²) in [7, 11) is 0. The van der Waals surface area contributed by atoms with Crippen molar-refractivity contribution in [3.63, 3.8) is 0 Å². The molecule has 2 heterocycles. The second-order valence-electron chi connectivity index (χ2n) is 3.60. The van der Waals surface area contributed by atoms with Crippen LogP contribution in [0.15, 0.2) is 24.5 Å². The van der Waals surface area contributed by atoms with E-state index < -0.39 is 0 Å². The number of ether oxygens (including phenoxy) is 1. The average molecular weight is 220 g/mol. The minimum Gasteiger partial charge on any atom is -0.460 e. The van der Waals surface area contributed by atoms with E-state index in [1.807, 2.05) is 0 Å². The van der Waals surface area contributed by atoms with Crippen molar-refractivity contribution in [2.24, 2.45) is 0 Å². The number of esters is 1. The maximum absolute atomic E-state index is 11.6. The van der Waals surface area contributed by atoms with Crippen LogP contribution in [0.1, 0.15) is 23.2 Å². The van der Waals surface area contributed by atoms with Gasteiger partial charge in [-0.1, -0.05) is 0 Å². The Bertz CT molecular complexity index is 391. The van der Waals surface area contributed by atoms with E-state index in [4.69, 9.17) is 4.74 Å². The third-order valence-electron chi connectivity index (χ3n) is 2.40. The second-order valence-corrected chi connectivity index (χ2v) is 3.60. The van der Waals surface area contributed by atoms with Crippen molar-refractivity contribution in [3.05, 3.63) is 30.1 Å². The summed E-state index contributed by atoms with van der Waals surface area (Å²) in [5.41, 5.74) is 0.555. The SMILES string of the molecule is O=C1CCC(CNC(=O)c2ccncc2)O1. The van der Waals surface area contributed by atoms with Gasteiger partial charge in [0.25, 0.3) is 5.91 Å². The Hall–Kier alpha value is -1.91. The van der Waals surface area contributed by atoms with Gasteiger partial charge in [-0.05, 0) is 18.6 Å². The topological polar surface area (TPSA) is 68.3 Å². The molecule has 84 valence electrons. The third kappa shape index (κ3) is 2.56. The highest BCUT2D eigenvalue weighted by Crippen LogP contribution is 2.12. The van der Waals surface area contributed by atoms with Gasteiger partial charge in [0.2, 0.25) is 0 Å². The summed E-state index contributed by atoms with van der Waals surface area (Å²) in [6.45, 7) is 0.368. The highest BCUT2D eigenvalue weighted by Gasteiger charge is 2.23. The normalized spacial score (nSPS) is 19.2. The quantitative estimate of drug-likeness (QED) is 0.754. The largest absolute Gasteiger partial charge is 0.460 e. The van der Waals surface area contributed by atoms with Crippen molar-refractivity contribution in [1.29, 1.82) is 0 Å². The average Bonchev–Trinajstić information content (AvgIpc) is 2.73. The van der Waals surface area contributed by atoms with E-state index in [9.17, 15) is 9.59 Å². The van der Waals surface area contributed by atoms with Gasteiger partial charge in [-0.15, -0.1) is 0 Å². The number of rotatable bonds is 3. The summed E-state index contributed by atoms with van der Waals surface area (Å²) in [5, 5.41) is 2.72. The number of carbonyl (C=O) groups excluding carboxylic acids is 2. The van der Waals surface area contributed by atoms with Crippen LogP contribution in [0.3, 0.4) is 0 Å². The number of nitrogens with one attached hydrogen (secondary N) is 1. The van der Waals surface area contributed by atoms with Crippen LogP contribution in [-0.2, 0) is 9.53 Å². The van der Waals surface area contributed by atoms with Crippen molar-refractivity contribution in [2.75, 3.05) is 6.54 Å². The zero-order valence-electron chi connectivity index (χ0n) is 8.68. The molecular weight excluding hydrogens is 208 g/mol. The van der Waals surface area contributed by atoms with E-state index in [0.29, 0.717) is 24.9 Å². The molecule has 0 aromatic carbocycles. The third-order valence-corrected chi connectivity index (χ3v) is 2.40. The van der Waals surface area contributed by atoms with E-state index in [1.165, 1.54) is 0 Å². The fraction of sp³-hybridized carbons (Fsp3) is 0.364. The number of aromatic nitrogens is 1. The van der Waals surface area contributed by atoms with Crippen molar-refractivity contribution in [3.8, 4) is 0 Å². The van der Waals surface area contributed by atoms with E-state index >= 15 is 0 Å². The van der Waals surface area contributed by atoms with Crippen LogP contribution < -0.4 is 5.32 Å². The molecule has 0 saturated carbocycles. The molecule has 0 radical (unpaired) electrons. The second kappa shape index (κ2) is 4.74. The molecule has 1 unspecified atom stereocenters. The predicted molar refractivity (Wildman–Crippen MR) is 55.7 cm³/mol. The lowest BCUT2D eigenvalue weighted by Crippen LogP contribution is -2.31. The fourth-order valence-corrected chi connectivity index (χ4v) is 1.54. The number of carbonyl (C=O) groups is 2. The number of amides is 1. The van der Waals surface area contributed by atoms with Crippen LogP contribution in [0.2, 0.25) is 0 Å². The van der Waals surface area contributed by atoms with Crippen LogP contribution in [-0.4, -0.2) is 29.5 Å². The molecule has 0 spiro atoms. The molecule has 16 heavy (non-hydrogen) atoms. The van der Waals surface area contributed by atoms with Crippen molar-refractivity contribution in [1.82, 2.24) is 10.3 Å². The maximum Gasteiger partial charge on any atom is 0.306 e. The summed E-state index contributed by atoms with van der Waals surface area (Å²) in [4.78, 5) is 26.3. The molecule has 1 aromatic heterocycles. The van der Waals surface area contributed by atoms with Gasteiger partial charge in [-0.25, -0.2) is 0 Å². The summed E-state index contributed by atoms with van der Waals surface area (Å²) < 4.78 is 4.98. The summed E-state index contributed by atoms with van der Waals surface area (Å²) in [6.07, 6.45) is 4.05. The Morgan fingerprint density at radius 3 is 2.88 bits per heavy atom. The van der Waals surface area contributed by atoms with Gasteiger partial charge in [0, 0.05) is 24.4 Å². The molecule has 2 rings (SSSR count). The summed E-state index contributed by atoms with van der Waals surface area (Å²) >= 11 is 0. The van der Waals surface area contributed by atoms with Crippen LogP contribution >= 0.6 is 0 Å². The minimum absolute atomic E-state index is 0.176. The van der Waals surface area contributed by atoms with Crippen LogP contribution in [0.5, 0.6) is 0 Å². The Kier molecular flexibility index (Phi) is 3.14. The van der Waals surface area contributed by atoms with Gasteiger partial charge in [0.1, 0.15) is 6.10 Å². The molecule has 1 aromatic rings. The Morgan fingerprint density at radius 2 is 2.25 bits per heavy atom. The van der Waals surface area contributed by atoms with Gasteiger partial charge in [0.15, 0.2) is 0 Å². The van der Waals surface area contributed by atoms with Crippen molar-refractivity contribution in [2.45, 2.75) is 18.9 Å². The first kappa shape index (κ1) is 10.6. The van der Waals surface area contributed by atoms with E-state index in [1.54, 1.807) is 24.5 Å². The minimum atomic E-state index is -0.192. The first-order valence-corrected chi connectivity index (χ1v) is 5.13. The molecule has 0 bridgehead atoms. The van der Waals surface area contributed by atoms with Gasteiger partial charge in [-0.2, -0.15) is 0 Å². The molecule has 5 heteroatoms. The summed E-state index contributed by atoms with van der Waals surface area (Å²) in [5.74, 6) is -0.367. The molecule has 5 nitrogen and oxygen atoms in total. The molecule has 1 N–H and O–H groups in total. The lowest BCUT2D eigenvalue weighted by molar-refractivity contribution is -0.141. The summed E-state index contributed by atoms with van der Waals surface area (Å²) in [6, 6.07) is 3.27. The van der Waals surface area contributed by atoms with Crippen LogP contribution in [0.25, 0.3) is 0 Å². The first-order valence-electron chi connectivity index (χ1n) is 5.13. The fourth-order valence-electron chi connectivity index (χ4n) is 1.54. The standard InChI is InChI=1S/C11H12N2O3/c14-10-2-1-9(16-10)7-13-11(15)8-3-5-12-6-4-8/h3-6,9H,1-2,7H2,(H,13,15). The predicted octanol–water partition coefficient (Wildman–Crippen LogP) is 0.517. The van der Waals surface area contributed by atoms with E-state index in [2.05, 4.69) is 10.3 Å². The molecule has 1 atom stereocenters. The molecule has 0 aliphatic carbocycles. The zero-order valence-corrected chi connectivity index (χ0v) is 8.68.